The minimum absolute atomic E-state index is 0.184. The number of furan rings is 1. The van der Waals surface area contributed by atoms with Crippen LogP contribution in [0.1, 0.15) is 10.6 Å². The summed E-state index contributed by atoms with van der Waals surface area (Å²) >= 11 is 5.97. The molecule has 0 aliphatic rings. The summed E-state index contributed by atoms with van der Waals surface area (Å²) in [5, 5.41) is 3.34. The number of amides is 1. The smallest absolute Gasteiger partial charge is 0.291 e. The first-order valence-corrected chi connectivity index (χ1v) is 7.55. The molecule has 1 aromatic heterocycles. The zero-order chi connectivity index (χ0) is 17.1. The van der Waals surface area contributed by atoms with Gasteiger partial charge >= 0.3 is 0 Å². The molecule has 0 unspecified atom stereocenters. The second kappa shape index (κ2) is 6.68. The molecule has 1 amide bonds. The number of hydrogen-bond acceptors (Lipinski definition) is 4. The van der Waals surface area contributed by atoms with Crippen LogP contribution in [-0.2, 0) is 0 Å². The van der Waals surface area contributed by atoms with Gasteiger partial charge in [0, 0.05) is 22.3 Å². The highest BCUT2D eigenvalue weighted by Crippen LogP contribution is 2.28. The average Bonchev–Trinajstić information content (AvgIpc) is 3.06. The third kappa shape index (κ3) is 3.36. The van der Waals surface area contributed by atoms with Crippen LogP contribution in [0.5, 0.6) is 5.75 Å². The lowest BCUT2D eigenvalue weighted by Crippen LogP contribution is -2.11. The maximum atomic E-state index is 12.4. The highest BCUT2D eigenvalue weighted by atomic mass is 35.5. The van der Waals surface area contributed by atoms with Crippen molar-refractivity contribution in [1.82, 2.24) is 0 Å². The van der Waals surface area contributed by atoms with E-state index in [0.29, 0.717) is 27.9 Å². The standard InChI is InChI=1S/C18H15ClN2O3/c1-23-17-10-13(20)5-6-14(17)21-18(22)16-8-7-15(24-16)11-3-2-4-12(19)9-11/h2-10H,20H2,1H3,(H,21,22). The van der Waals surface area contributed by atoms with Gasteiger partial charge in [-0.15, -0.1) is 0 Å². The van der Waals surface area contributed by atoms with E-state index in [9.17, 15) is 4.79 Å². The van der Waals surface area contributed by atoms with E-state index in [2.05, 4.69) is 5.32 Å². The first-order chi connectivity index (χ1) is 11.6. The molecule has 0 spiro atoms. The van der Waals surface area contributed by atoms with Crippen LogP contribution >= 0.6 is 11.6 Å². The van der Waals surface area contributed by atoms with Gasteiger partial charge in [0.2, 0.25) is 0 Å². The topological polar surface area (TPSA) is 77.5 Å². The van der Waals surface area contributed by atoms with Crippen LogP contribution in [0.25, 0.3) is 11.3 Å². The van der Waals surface area contributed by atoms with Crippen LogP contribution in [0.3, 0.4) is 0 Å². The Morgan fingerprint density at radius 2 is 2.00 bits per heavy atom. The third-order valence-corrected chi connectivity index (χ3v) is 3.65. The molecule has 0 saturated carbocycles. The summed E-state index contributed by atoms with van der Waals surface area (Å²) in [5.74, 6) is 0.840. The Kier molecular flexibility index (Phi) is 4.44. The van der Waals surface area contributed by atoms with Crippen molar-refractivity contribution in [3.05, 3.63) is 65.4 Å². The van der Waals surface area contributed by atoms with Crippen molar-refractivity contribution in [2.24, 2.45) is 0 Å². The van der Waals surface area contributed by atoms with Gasteiger partial charge in [-0.25, -0.2) is 0 Å². The molecule has 0 bridgehead atoms. The van der Waals surface area contributed by atoms with Crippen LogP contribution in [0.15, 0.2) is 59.0 Å². The van der Waals surface area contributed by atoms with Crippen molar-refractivity contribution in [1.29, 1.82) is 0 Å². The number of anilines is 2. The number of nitrogens with two attached hydrogens (primary N) is 1. The van der Waals surface area contributed by atoms with E-state index in [4.69, 9.17) is 26.5 Å². The Balaban J connectivity index is 1.82. The van der Waals surface area contributed by atoms with Gasteiger partial charge in [-0.3, -0.25) is 4.79 Å². The Hall–Kier alpha value is -2.92. The highest BCUT2D eigenvalue weighted by Gasteiger charge is 2.15. The van der Waals surface area contributed by atoms with Gasteiger partial charge in [-0.2, -0.15) is 0 Å². The molecular weight excluding hydrogens is 328 g/mol. The summed E-state index contributed by atoms with van der Waals surface area (Å²) in [6.07, 6.45) is 0. The Labute approximate surface area is 144 Å². The van der Waals surface area contributed by atoms with Crippen molar-refractivity contribution in [2.75, 3.05) is 18.2 Å². The molecule has 0 aliphatic heterocycles. The minimum Gasteiger partial charge on any atom is -0.494 e. The fraction of sp³-hybridized carbons (Fsp3) is 0.0556. The van der Waals surface area contributed by atoms with Gasteiger partial charge in [0.25, 0.3) is 5.91 Å². The van der Waals surface area contributed by atoms with Crippen molar-refractivity contribution >= 4 is 28.9 Å². The lowest BCUT2D eigenvalue weighted by molar-refractivity contribution is 0.0997. The number of carbonyl (C=O) groups is 1. The molecule has 2 aromatic carbocycles. The predicted octanol–water partition coefficient (Wildman–Crippen LogP) is 4.44. The molecule has 0 saturated heterocycles. The van der Waals surface area contributed by atoms with Gasteiger partial charge in [0.05, 0.1) is 12.8 Å². The van der Waals surface area contributed by atoms with Gasteiger partial charge in [0.1, 0.15) is 11.5 Å². The quantitative estimate of drug-likeness (QED) is 0.687. The van der Waals surface area contributed by atoms with Crippen molar-refractivity contribution in [3.8, 4) is 17.1 Å². The zero-order valence-corrected chi connectivity index (χ0v) is 13.6. The normalized spacial score (nSPS) is 10.4. The Morgan fingerprint density at radius 3 is 2.75 bits per heavy atom. The third-order valence-electron chi connectivity index (χ3n) is 3.41. The molecule has 3 rings (SSSR count). The number of methoxy groups -OCH3 is 1. The average molecular weight is 343 g/mol. The maximum Gasteiger partial charge on any atom is 0.291 e. The summed E-state index contributed by atoms with van der Waals surface area (Å²) in [7, 11) is 1.51. The maximum absolute atomic E-state index is 12.4. The molecule has 5 nitrogen and oxygen atoms in total. The van der Waals surface area contributed by atoms with Gasteiger partial charge in [-0.1, -0.05) is 23.7 Å². The fourth-order valence-corrected chi connectivity index (χ4v) is 2.44. The molecule has 1 heterocycles. The molecule has 6 heteroatoms. The van der Waals surface area contributed by atoms with Gasteiger partial charge < -0.3 is 20.2 Å². The molecule has 122 valence electrons. The Morgan fingerprint density at radius 1 is 1.17 bits per heavy atom. The molecule has 24 heavy (non-hydrogen) atoms. The van der Waals surface area contributed by atoms with E-state index in [0.717, 1.165) is 5.56 Å². The van der Waals surface area contributed by atoms with Crippen molar-refractivity contribution in [2.45, 2.75) is 0 Å². The number of hydrogen-bond donors (Lipinski definition) is 2. The summed E-state index contributed by atoms with van der Waals surface area (Å²) in [6.45, 7) is 0. The second-order valence-corrected chi connectivity index (χ2v) is 5.52. The zero-order valence-electron chi connectivity index (χ0n) is 12.9. The van der Waals surface area contributed by atoms with Gasteiger partial charge in [-0.05, 0) is 36.4 Å². The molecule has 0 fully saturated rings. The molecule has 0 aliphatic carbocycles. The predicted molar refractivity (Wildman–Crippen MR) is 94.5 cm³/mol. The molecule has 0 radical (unpaired) electrons. The fourth-order valence-electron chi connectivity index (χ4n) is 2.25. The van der Waals surface area contributed by atoms with Gasteiger partial charge in [0.15, 0.2) is 5.76 Å². The van der Waals surface area contributed by atoms with E-state index < -0.39 is 0 Å². The molecular formula is C18H15ClN2O3. The summed E-state index contributed by atoms with van der Waals surface area (Å²) in [5.41, 5.74) is 7.56. The van der Waals surface area contributed by atoms with Crippen molar-refractivity contribution in [3.63, 3.8) is 0 Å². The first kappa shape index (κ1) is 16.0. The lowest BCUT2D eigenvalue weighted by atomic mass is 10.2. The van der Waals surface area contributed by atoms with E-state index >= 15 is 0 Å². The minimum atomic E-state index is -0.383. The number of carbonyl (C=O) groups excluding carboxylic acids is 1. The van der Waals surface area contributed by atoms with Crippen molar-refractivity contribution < 1.29 is 13.9 Å². The molecule has 3 aromatic rings. The van der Waals surface area contributed by atoms with E-state index in [1.165, 1.54) is 7.11 Å². The number of ether oxygens (including phenoxy) is 1. The Bertz CT molecular complexity index is 889. The largest absolute Gasteiger partial charge is 0.494 e. The monoisotopic (exact) mass is 342 g/mol. The summed E-state index contributed by atoms with van der Waals surface area (Å²) in [4.78, 5) is 12.4. The number of nitrogen functional groups attached to an aromatic ring is 1. The van der Waals surface area contributed by atoms with Crippen LogP contribution in [0.2, 0.25) is 5.02 Å². The van der Waals surface area contributed by atoms with Crippen LogP contribution < -0.4 is 15.8 Å². The van der Waals surface area contributed by atoms with E-state index in [1.54, 1.807) is 42.5 Å². The number of nitrogens with one attached hydrogen (secondary N) is 1. The van der Waals surface area contributed by atoms with E-state index in [-0.39, 0.29) is 11.7 Å². The van der Waals surface area contributed by atoms with E-state index in [1.807, 2.05) is 12.1 Å². The van der Waals surface area contributed by atoms with Crippen LogP contribution in [0, 0.1) is 0 Å². The van der Waals surface area contributed by atoms with Crippen LogP contribution in [0.4, 0.5) is 11.4 Å². The SMILES string of the molecule is COc1cc(N)ccc1NC(=O)c1ccc(-c2cccc(Cl)c2)o1. The summed E-state index contributed by atoms with van der Waals surface area (Å²) in [6, 6.07) is 15.5. The number of halogens is 1. The lowest BCUT2D eigenvalue weighted by Gasteiger charge is -2.09. The highest BCUT2D eigenvalue weighted by molar-refractivity contribution is 6.30. The molecule has 0 atom stereocenters. The van der Waals surface area contributed by atoms with Crippen LogP contribution in [-0.4, -0.2) is 13.0 Å². The summed E-state index contributed by atoms with van der Waals surface area (Å²) < 4.78 is 10.8. The number of benzene rings is 2. The second-order valence-electron chi connectivity index (χ2n) is 5.09. The number of rotatable bonds is 4. The molecule has 3 N–H and O–H groups in total. The first-order valence-electron chi connectivity index (χ1n) is 7.17.